The minimum Gasteiger partial charge on any atom is -0.464 e. The molecule has 2 aromatic heterocycles. The first-order valence-electron chi connectivity index (χ1n) is 16.8. The lowest BCUT2D eigenvalue weighted by atomic mass is 9.95. The molecule has 17 nitrogen and oxygen atoms in total. The minimum atomic E-state index is -4.66. The molecular weight excluding hydrogens is 742 g/mol. The Morgan fingerprint density at radius 3 is 2.44 bits per heavy atom. The molecule has 6 atom stereocenters. The number of nitrogens with zero attached hydrogens (tertiary/aromatic N) is 5. The number of likely N-dealkylation sites (tertiary alicyclic amines) is 1. The average Bonchev–Trinajstić information content (AvgIpc) is 3.66. The fourth-order valence-corrected chi connectivity index (χ4v) is 7.69. The normalized spacial score (nSPS) is 23.9. The molecular formula is C33H39F3N7O10P. The fourth-order valence-electron chi connectivity index (χ4n) is 6.17. The molecule has 3 N–H and O–H groups in total. The molecule has 0 spiro atoms. The van der Waals surface area contributed by atoms with Gasteiger partial charge in [-0.15, -0.1) is 0 Å². The summed E-state index contributed by atoms with van der Waals surface area (Å²) in [6, 6.07) is 11.4. The maximum atomic E-state index is 14.4. The summed E-state index contributed by atoms with van der Waals surface area (Å²) in [5, 5.41) is 17.3. The Labute approximate surface area is 307 Å². The number of ether oxygens (including phenoxy) is 4. The van der Waals surface area contributed by atoms with Crippen LogP contribution < -0.4 is 15.3 Å². The van der Waals surface area contributed by atoms with Crippen LogP contribution in [-0.2, 0) is 42.4 Å². The van der Waals surface area contributed by atoms with E-state index < -0.39 is 74.9 Å². The molecule has 0 saturated carbocycles. The number of halogens is 3. The van der Waals surface area contributed by atoms with Crippen LogP contribution in [0.2, 0.25) is 0 Å². The number of benzene rings is 1. The number of rotatable bonds is 14. The van der Waals surface area contributed by atoms with Crippen molar-refractivity contribution in [2.75, 3.05) is 38.6 Å². The number of fused-ring (bicyclic) bond motifs is 1. The third-order valence-electron chi connectivity index (χ3n) is 8.67. The molecule has 21 heteroatoms. The van der Waals surface area contributed by atoms with Gasteiger partial charge in [0.1, 0.15) is 42.4 Å². The number of esters is 3. The molecule has 0 amide bonds. The molecule has 3 aromatic rings. The highest BCUT2D eigenvalue weighted by Gasteiger charge is 2.62. The predicted octanol–water partition coefficient (Wildman–Crippen LogP) is 3.51. The Balaban J connectivity index is 1.37. The Morgan fingerprint density at radius 1 is 1.13 bits per heavy atom. The summed E-state index contributed by atoms with van der Waals surface area (Å²) < 4.78 is 88.4. The Kier molecular flexibility index (Phi) is 12.5. The van der Waals surface area contributed by atoms with Gasteiger partial charge in [-0.3, -0.25) is 23.8 Å². The lowest BCUT2D eigenvalue weighted by Gasteiger charge is -2.32. The van der Waals surface area contributed by atoms with E-state index in [0.29, 0.717) is 18.4 Å². The number of nitrogen functional groups attached to an aromatic ring is 1. The molecule has 4 heterocycles. The predicted molar refractivity (Wildman–Crippen MR) is 180 cm³/mol. The van der Waals surface area contributed by atoms with Crippen molar-refractivity contribution >= 4 is 37.0 Å². The van der Waals surface area contributed by atoms with E-state index >= 15 is 0 Å². The Hall–Kier alpha value is -4.80. The van der Waals surface area contributed by atoms with Gasteiger partial charge in [0.2, 0.25) is 5.60 Å². The van der Waals surface area contributed by atoms with Crippen molar-refractivity contribution in [3.8, 4) is 11.8 Å². The van der Waals surface area contributed by atoms with E-state index in [2.05, 4.69) is 15.2 Å². The van der Waals surface area contributed by atoms with Gasteiger partial charge in [-0.1, -0.05) is 18.2 Å². The first kappa shape index (κ1) is 40.4. The summed E-state index contributed by atoms with van der Waals surface area (Å²) in [6.45, 7) is 1.82. The van der Waals surface area contributed by atoms with Crippen molar-refractivity contribution in [1.29, 1.82) is 5.26 Å². The number of nitriles is 1. The number of hydrogen-bond acceptors (Lipinski definition) is 15. The molecule has 54 heavy (non-hydrogen) atoms. The lowest BCUT2D eigenvalue weighted by Crippen LogP contribution is -2.49. The van der Waals surface area contributed by atoms with Crippen molar-refractivity contribution in [3.63, 3.8) is 0 Å². The first-order chi connectivity index (χ1) is 25.5. The van der Waals surface area contributed by atoms with E-state index in [4.69, 9.17) is 33.7 Å². The fraction of sp³-hybridized carbons (Fsp3) is 0.515. The summed E-state index contributed by atoms with van der Waals surface area (Å²) in [6.07, 6.45) is -6.84. The zero-order valence-corrected chi connectivity index (χ0v) is 30.3. The minimum absolute atomic E-state index is 0.0435. The highest BCUT2D eigenvalue weighted by Crippen LogP contribution is 2.50. The number of nitrogens with two attached hydrogens (primary N) is 1. The number of para-hydroxylation sites is 1. The third kappa shape index (κ3) is 9.84. The maximum absolute atomic E-state index is 14.4. The van der Waals surface area contributed by atoms with E-state index in [9.17, 15) is 37.4 Å². The smallest absolute Gasteiger partial charge is 0.459 e. The van der Waals surface area contributed by atoms with Crippen LogP contribution in [0.15, 0.2) is 48.8 Å². The molecule has 2 aliphatic heterocycles. The second kappa shape index (κ2) is 16.7. The zero-order chi connectivity index (χ0) is 39.3. The van der Waals surface area contributed by atoms with Crippen molar-refractivity contribution in [1.82, 2.24) is 24.6 Å². The second-order valence-electron chi connectivity index (χ2n) is 12.8. The van der Waals surface area contributed by atoms with Gasteiger partial charge >= 0.3 is 31.8 Å². The van der Waals surface area contributed by atoms with Crippen molar-refractivity contribution in [2.45, 2.75) is 69.7 Å². The van der Waals surface area contributed by atoms with Gasteiger partial charge in [-0.05, 0) is 63.0 Å². The number of hydrogen-bond donors (Lipinski definition) is 2. The highest BCUT2D eigenvalue weighted by molar-refractivity contribution is 7.52. The second-order valence-corrected chi connectivity index (χ2v) is 14.5. The molecule has 0 radical (unpaired) electrons. The number of alkyl halides is 3. The van der Waals surface area contributed by atoms with E-state index in [-0.39, 0.29) is 42.9 Å². The number of anilines is 1. The van der Waals surface area contributed by atoms with Gasteiger partial charge < -0.3 is 29.2 Å². The molecule has 1 aromatic carbocycles. The van der Waals surface area contributed by atoms with Crippen LogP contribution in [0.1, 0.15) is 45.4 Å². The molecule has 0 unspecified atom stereocenters. The quantitative estimate of drug-likeness (QED) is 0.136. The molecule has 0 bridgehead atoms. The molecule has 2 saturated heterocycles. The van der Waals surface area contributed by atoms with Crippen molar-refractivity contribution in [2.24, 2.45) is 5.92 Å². The summed E-state index contributed by atoms with van der Waals surface area (Å²) in [5.74, 6) is -2.60. The summed E-state index contributed by atoms with van der Waals surface area (Å²) >= 11 is 0. The van der Waals surface area contributed by atoms with E-state index in [0.717, 1.165) is 13.8 Å². The average molecular weight is 782 g/mol. The first-order valence-corrected chi connectivity index (χ1v) is 18.3. The lowest BCUT2D eigenvalue weighted by molar-refractivity contribution is -0.166. The number of carbonyl (C=O) groups is 3. The van der Waals surface area contributed by atoms with Crippen LogP contribution in [0.25, 0.3) is 5.52 Å². The molecule has 2 aliphatic rings. The van der Waals surface area contributed by atoms with Crippen LogP contribution in [0.3, 0.4) is 0 Å². The van der Waals surface area contributed by atoms with E-state index in [1.54, 1.807) is 24.3 Å². The van der Waals surface area contributed by atoms with Gasteiger partial charge in [0, 0.05) is 13.8 Å². The molecule has 292 valence electrons. The van der Waals surface area contributed by atoms with Gasteiger partial charge in [0.05, 0.1) is 18.8 Å². The van der Waals surface area contributed by atoms with E-state index in [1.165, 1.54) is 40.9 Å². The van der Waals surface area contributed by atoms with Crippen LogP contribution >= 0.6 is 7.75 Å². The van der Waals surface area contributed by atoms with Gasteiger partial charge in [0.25, 0.3) is 0 Å². The van der Waals surface area contributed by atoms with Crippen LogP contribution in [0.5, 0.6) is 5.75 Å². The molecule has 2 fully saturated rings. The molecule has 5 rings (SSSR count). The Bertz CT molecular complexity index is 1900. The monoisotopic (exact) mass is 781 g/mol. The molecule has 0 aliphatic carbocycles. The van der Waals surface area contributed by atoms with Gasteiger partial charge in [-0.2, -0.15) is 28.6 Å². The Morgan fingerprint density at radius 2 is 1.81 bits per heavy atom. The maximum Gasteiger partial charge on any atom is 0.459 e. The topological polar surface area (TPSA) is 219 Å². The number of carbonyl (C=O) groups excluding carboxylic acids is 3. The van der Waals surface area contributed by atoms with Gasteiger partial charge in [0.15, 0.2) is 18.0 Å². The van der Waals surface area contributed by atoms with Crippen LogP contribution in [-0.4, -0.2) is 100 Å². The van der Waals surface area contributed by atoms with Gasteiger partial charge in [-0.25, -0.2) is 14.1 Å². The SMILES string of the molecule is CC(=O)O[C@H]1[C@H](c2ccc3c(N)ncnn23)O[C@](C#N)(CO[P@](=O)(N[C@@H](C)C(=O)OCC2CCN(CC(F)(F)F)CC2)Oc2ccccc2)[C@H]1OC(C)=O. The third-order valence-corrected chi connectivity index (χ3v) is 10.3. The zero-order valence-electron chi connectivity index (χ0n) is 29.4. The summed E-state index contributed by atoms with van der Waals surface area (Å²) in [5.41, 5.74) is 4.27. The highest BCUT2D eigenvalue weighted by atomic mass is 31.2. The summed E-state index contributed by atoms with van der Waals surface area (Å²) in [7, 11) is -4.66. The number of aromatic nitrogens is 3. The summed E-state index contributed by atoms with van der Waals surface area (Å²) in [4.78, 5) is 43.1. The largest absolute Gasteiger partial charge is 0.464 e. The number of nitrogens with one attached hydrogen (secondary N) is 1. The van der Waals surface area contributed by atoms with Crippen LogP contribution in [0, 0.1) is 17.2 Å². The standard InChI is InChI=1S/C33H39F3N7O10P/c1-20(31(46)48-15-23-11-13-42(14-12-23)17-33(34,35)36)41-54(47,53-24-7-5-4-6-8-24)49-18-32(16-37)29(51-22(3)45)28(50-21(2)44)27(52-32)25-9-10-26-30(38)39-19-40-43(25)26/h4-10,19-20,23,27-29H,11-15,17-18H2,1-3H3,(H,41,47)(H2,38,39,40)/t20-,27-,28-,29-,32+,54+/m0/s1. The van der Waals surface area contributed by atoms with Crippen molar-refractivity contribution in [3.05, 3.63) is 54.5 Å². The van der Waals surface area contributed by atoms with Crippen LogP contribution in [0.4, 0.5) is 19.0 Å². The van der Waals surface area contributed by atoms with Crippen molar-refractivity contribution < 1.29 is 60.1 Å². The van der Waals surface area contributed by atoms with E-state index in [1.807, 2.05) is 6.07 Å². The number of piperidine rings is 1.